The molecule has 0 aromatic heterocycles. The van der Waals surface area contributed by atoms with Gasteiger partial charge >= 0.3 is 0 Å². The summed E-state index contributed by atoms with van der Waals surface area (Å²) in [5.74, 6) is 0.0387. The van der Waals surface area contributed by atoms with E-state index in [0.29, 0.717) is 19.8 Å². The maximum absolute atomic E-state index is 12.4. The lowest BCUT2D eigenvalue weighted by Gasteiger charge is -2.36. The van der Waals surface area contributed by atoms with Crippen molar-refractivity contribution in [1.82, 2.24) is 9.80 Å². The van der Waals surface area contributed by atoms with Gasteiger partial charge in [-0.2, -0.15) is 0 Å². The molecule has 1 N–H and O–H groups in total. The van der Waals surface area contributed by atoms with Crippen LogP contribution in [0, 0.1) is 5.92 Å². The van der Waals surface area contributed by atoms with Gasteiger partial charge in [-0.3, -0.25) is 9.69 Å². The molecule has 1 fully saturated rings. The zero-order valence-electron chi connectivity index (χ0n) is 14.1. The van der Waals surface area contributed by atoms with Gasteiger partial charge in [-0.05, 0) is 12.5 Å². The predicted molar refractivity (Wildman–Crippen MR) is 90.0 cm³/mol. The van der Waals surface area contributed by atoms with Gasteiger partial charge in [-0.25, -0.2) is 0 Å². The Morgan fingerprint density at radius 2 is 1.83 bits per heavy atom. The van der Waals surface area contributed by atoms with E-state index in [1.54, 1.807) is 6.92 Å². The first-order valence-electron chi connectivity index (χ1n) is 8.37. The van der Waals surface area contributed by atoms with Gasteiger partial charge in [0.1, 0.15) is 0 Å². The van der Waals surface area contributed by atoms with Crippen LogP contribution in [0.4, 0.5) is 0 Å². The van der Waals surface area contributed by atoms with Gasteiger partial charge in [0, 0.05) is 32.7 Å². The number of aliphatic hydroxyl groups is 1. The van der Waals surface area contributed by atoms with Crippen LogP contribution >= 0.6 is 0 Å². The van der Waals surface area contributed by atoms with E-state index in [0.717, 1.165) is 31.7 Å². The number of rotatable bonds is 7. The predicted octanol–water partition coefficient (Wildman–Crippen LogP) is 1.36. The van der Waals surface area contributed by atoms with E-state index < -0.39 is 0 Å². The van der Waals surface area contributed by atoms with Gasteiger partial charge in [-0.15, -0.1) is 0 Å². The number of ether oxygens (including phenoxy) is 1. The lowest BCUT2D eigenvalue weighted by Crippen LogP contribution is -2.51. The fourth-order valence-electron chi connectivity index (χ4n) is 2.84. The number of hydrogen-bond acceptors (Lipinski definition) is 4. The summed E-state index contributed by atoms with van der Waals surface area (Å²) >= 11 is 0. The van der Waals surface area contributed by atoms with Crippen LogP contribution in [0.2, 0.25) is 0 Å². The first-order valence-corrected chi connectivity index (χ1v) is 8.37. The largest absolute Gasteiger partial charge is 0.392 e. The Labute approximate surface area is 138 Å². The van der Waals surface area contributed by atoms with Gasteiger partial charge < -0.3 is 14.7 Å². The maximum Gasteiger partial charge on any atom is 0.227 e. The lowest BCUT2D eigenvalue weighted by molar-refractivity contribution is -0.139. The number of aliphatic hydroxyl groups excluding tert-OH is 1. The molecule has 0 spiro atoms. The Balaban J connectivity index is 1.69. The lowest BCUT2D eigenvalue weighted by atomic mass is 10.1. The van der Waals surface area contributed by atoms with Crippen LogP contribution in [0.25, 0.3) is 0 Å². The van der Waals surface area contributed by atoms with E-state index in [4.69, 9.17) is 4.74 Å². The van der Waals surface area contributed by atoms with Gasteiger partial charge in [-0.1, -0.05) is 37.3 Å². The Bertz CT molecular complexity index is 470. The zero-order valence-corrected chi connectivity index (χ0v) is 14.1. The number of nitrogens with zero attached hydrogens (tertiary/aromatic N) is 2. The molecule has 5 nitrogen and oxygen atoms in total. The molecule has 23 heavy (non-hydrogen) atoms. The highest BCUT2D eigenvalue weighted by Crippen LogP contribution is 2.10. The highest BCUT2D eigenvalue weighted by atomic mass is 16.5. The van der Waals surface area contributed by atoms with Crippen molar-refractivity contribution in [2.24, 2.45) is 5.92 Å². The monoisotopic (exact) mass is 320 g/mol. The van der Waals surface area contributed by atoms with Crippen LogP contribution in [0.15, 0.2) is 30.3 Å². The van der Waals surface area contributed by atoms with Crippen molar-refractivity contribution in [3.63, 3.8) is 0 Å². The fourth-order valence-corrected chi connectivity index (χ4v) is 2.84. The number of carbonyl (C=O) groups excluding carboxylic acids is 1. The fraction of sp³-hybridized carbons (Fsp3) is 0.611. The molecule has 1 aromatic carbocycles. The van der Waals surface area contributed by atoms with Crippen molar-refractivity contribution in [3.8, 4) is 0 Å². The minimum atomic E-state index is -0.317. The summed E-state index contributed by atoms with van der Waals surface area (Å²) in [5.41, 5.74) is 1.12. The molecular formula is C18H28N2O3. The summed E-state index contributed by atoms with van der Waals surface area (Å²) in [6.45, 7) is 8.50. The minimum absolute atomic E-state index is 0.123. The molecular weight excluding hydrogens is 292 g/mol. The third-order valence-corrected chi connectivity index (χ3v) is 4.11. The topological polar surface area (TPSA) is 53.0 Å². The van der Waals surface area contributed by atoms with E-state index in [9.17, 15) is 9.90 Å². The van der Waals surface area contributed by atoms with E-state index in [2.05, 4.69) is 4.90 Å². The second kappa shape index (κ2) is 9.01. The van der Waals surface area contributed by atoms with Gasteiger partial charge in [0.05, 0.1) is 25.2 Å². The van der Waals surface area contributed by atoms with Gasteiger partial charge in [0.2, 0.25) is 5.91 Å². The average Bonchev–Trinajstić information content (AvgIpc) is 2.55. The number of benzene rings is 1. The number of piperazine rings is 1. The molecule has 0 bridgehead atoms. The SMILES string of the molecule is C[C@H](COCc1ccccc1)C(=O)N1CCN(C[C@@H](C)O)CC1. The molecule has 0 radical (unpaired) electrons. The van der Waals surface area contributed by atoms with E-state index in [1.807, 2.05) is 42.2 Å². The van der Waals surface area contributed by atoms with Crippen molar-refractivity contribution in [3.05, 3.63) is 35.9 Å². The van der Waals surface area contributed by atoms with E-state index >= 15 is 0 Å². The Hall–Kier alpha value is -1.43. The molecule has 1 aliphatic heterocycles. The van der Waals surface area contributed by atoms with Crippen LogP contribution in [-0.4, -0.2) is 66.2 Å². The summed E-state index contributed by atoms with van der Waals surface area (Å²) in [5, 5.41) is 9.42. The molecule has 1 heterocycles. The zero-order chi connectivity index (χ0) is 16.7. The third-order valence-electron chi connectivity index (χ3n) is 4.11. The molecule has 128 valence electrons. The molecule has 0 aliphatic carbocycles. The summed E-state index contributed by atoms with van der Waals surface area (Å²) in [4.78, 5) is 16.6. The van der Waals surface area contributed by atoms with Crippen LogP contribution in [0.3, 0.4) is 0 Å². The highest BCUT2D eigenvalue weighted by molar-refractivity contribution is 5.78. The van der Waals surface area contributed by atoms with Gasteiger partial charge in [0.15, 0.2) is 0 Å². The highest BCUT2D eigenvalue weighted by Gasteiger charge is 2.25. The summed E-state index contributed by atoms with van der Waals surface area (Å²) < 4.78 is 5.68. The summed E-state index contributed by atoms with van der Waals surface area (Å²) in [6.07, 6.45) is -0.317. The molecule has 5 heteroatoms. The number of β-amino-alcohol motifs (C(OH)–C–C–N with tert-alkyl or cyclic N) is 1. The van der Waals surface area contributed by atoms with Crippen LogP contribution in [0.5, 0.6) is 0 Å². The van der Waals surface area contributed by atoms with E-state index in [1.165, 1.54) is 0 Å². The standard InChI is InChI=1S/C18H28N2O3/c1-15(13-23-14-17-6-4-3-5-7-17)18(22)20-10-8-19(9-11-20)12-16(2)21/h3-7,15-16,21H,8-14H2,1-2H3/t15-,16-/m1/s1. The third kappa shape index (κ3) is 5.94. The number of carbonyl (C=O) groups is 1. The first-order chi connectivity index (χ1) is 11.1. The van der Waals surface area contributed by atoms with Crippen molar-refractivity contribution in [2.45, 2.75) is 26.6 Å². The molecule has 0 saturated carbocycles. The summed E-state index contributed by atoms with van der Waals surface area (Å²) in [7, 11) is 0. The molecule has 0 unspecified atom stereocenters. The molecule has 1 amide bonds. The van der Waals surface area contributed by atoms with Gasteiger partial charge in [0.25, 0.3) is 0 Å². The minimum Gasteiger partial charge on any atom is -0.392 e. The van der Waals surface area contributed by atoms with Crippen LogP contribution < -0.4 is 0 Å². The van der Waals surface area contributed by atoms with Crippen molar-refractivity contribution >= 4 is 5.91 Å². The Kier molecular flexibility index (Phi) is 7.02. The second-order valence-electron chi connectivity index (χ2n) is 6.38. The second-order valence-corrected chi connectivity index (χ2v) is 6.38. The average molecular weight is 320 g/mol. The Morgan fingerprint density at radius 3 is 2.43 bits per heavy atom. The molecule has 1 saturated heterocycles. The van der Waals surface area contributed by atoms with Crippen molar-refractivity contribution in [1.29, 1.82) is 0 Å². The quantitative estimate of drug-likeness (QED) is 0.824. The number of amides is 1. The van der Waals surface area contributed by atoms with Crippen molar-refractivity contribution in [2.75, 3.05) is 39.3 Å². The molecule has 2 atom stereocenters. The smallest absolute Gasteiger partial charge is 0.227 e. The molecule has 2 rings (SSSR count). The summed E-state index contributed by atoms with van der Waals surface area (Å²) in [6, 6.07) is 9.99. The van der Waals surface area contributed by atoms with Crippen LogP contribution in [-0.2, 0) is 16.1 Å². The first kappa shape index (κ1) is 17.9. The normalized spacial score (nSPS) is 18.7. The maximum atomic E-state index is 12.4. The molecule has 1 aliphatic rings. The number of hydrogen-bond donors (Lipinski definition) is 1. The van der Waals surface area contributed by atoms with Crippen LogP contribution in [0.1, 0.15) is 19.4 Å². The van der Waals surface area contributed by atoms with Crippen molar-refractivity contribution < 1.29 is 14.6 Å². The Morgan fingerprint density at radius 1 is 1.17 bits per heavy atom. The molecule has 1 aromatic rings. The van der Waals surface area contributed by atoms with E-state index in [-0.39, 0.29) is 17.9 Å².